The van der Waals surface area contributed by atoms with Crippen LogP contribution in [0.25, 0.3) is 16.6 Å². The average Bonchev–Trinajstić information content (AvgIpc) is 2.98. The van der Waals surface area contributed by atoms with E-state index in [2.05, 4.69) is 4.98 Å². The number of nitrogen functional groups attached to an aromatic ring is 1. The van der Waals surface area contributed by atoms with E-state index in [0.29, 0.717) is 22.6 Å². The first-order valence-corrected chi connectivity index (χ1v) is 7.98. The molecule has 0 saturated carbocycles. The molecule has 128 valence electrons. The number of ketones is 1. The first-order valence-electron chi connectivity index (χ1n) is 7.98. The second-order valence-corrected chi connectivity index (χ2v) is 5.76. The number of ether oxygens (including phenoxy) is 1. The number of nitrogens with zero attached hydrogens (tertiary/aromatic N) is 2. The molecule has 0 fully saturated rings. The minimum absolute atomic E-state index is 0.119. The zero-order chi connectivity index (χ0) is 18.1. The molecular formula is C19H19N3O3. The molecule has 6 nitrogen and oxygen atoms in total. The Hall–Kier alpha value is -3.15. The molecule has 6 heteroatoms. The van der Waals surface area contributed by atoms with Crippen molar-refractivity contribution in [2.45, 2.75) is 20.8 Å². The third-order valence-corrected chi connectivity index (χ3v) is 4.13. The summed E-state index contributed by atoms with van der Waals surface area (Å²) in [5, 5.41) is 0. The maximum absolute atomic E-state index is 12.3. The number of carbonyl (C=O) groups is 2. The van der Waals surface area contributed by atoms with E-state index in [9.17, 15) is 9.59 Å². The number of hydrogen-bond acceptors (Lipinski definition) is 5. The Balaban J connectivity index is 2.31. The molecule has 0 aliphatic rings. The average molecular weight is 337 g/mol. The molecule has 0 spiro atoms. The van der Waals surface area contributed by atoms with Crippen molar-refractivity contribution in [3.05, 3.63) is 53.5 Å². The van der Waals surface area contributed by atoms with Gasteiger partial charge in [-0.3, -0.25) is 4.79 Å². The van der Waals surface area contributed by atoms with E-state index in [-0.39, 0.29) is 12.4 Å². The Morgan fingerprint density at radius 1 is 1.28 bits per heavy atom. The Bertz CT molecular complexity index is 972. The third kappa shape index (κ3) is 2.87. The first kappa shape index (κ1) is 16.7. The van der Waals surface area contributed by atoms with Crippen LogP contribution >= 0.6 is 0 Å². The Morgan fingerprint density at radius 2 is 2.04 bits per heavy atom. The molecule has 0 bridgehead atoms. The van der Waals surface area contributed by atoms with Crippen molar-refractivity contribution in [3.63, 3.8) is 0 Å². The summed E-state index contributed by atoms with van der Waals surface area (Å²) in [5.41, 5.74) is 9.57. The van der Waals surface area contributed by atoms with Gasteiger partial charge in [-0.25, -0.2) is 9.78 Å². The van der Waals surface area contributed by atoms with Crippen molar-refractivity contribution in [1.82, 2.24) is 9.38 Å². The fourth-order valence-electron chi connectivity index (χ4n) is 3.00. The SMILES string of the molecule is CCOC(=O)c1cc2c(-c3ccc(N)nc3)ccn2c(C(C)=O)c1C. The number of rotatable bonds is 4. The van der Waals surface area contributed by atoms with E-state index in [0.717, 1.165) is 16.6 Å². The van der Waals surface area contributed by atoms with Gasteiger partial charge in [-0.2, -0.15) is 0 Å². The lowest BCUT2D eigenvalue weighted by atomic mass is 10.0. The predicted molar refractivity (Wildman–Crippen MR) is 95.7 cm³/mol. The smallest absolute Gasteiger partial charge is 0.338 e. The molecule has 0 radical (unpaired) electrons. The number of aromatic nitrogens is 2. The summed E-state index contributed by atoms with van der Waals surface area (Å²) in [6.45, 7) is 5.27. The fraction of sp³-hybridized carbons (Fsp3) is 0.211. The van der Waals surface area contributed by atoms with Crippen LogP contribution < -0.4 is 5.73 Å². The topological polar surface area (TPSA) is 86.7 Å². The highest BCUT2D eigenvalue weighted by Crippen LogP contribution is 2.30. The van der Waals surface area contributed by atoms with Crippen LogP contribution in [0.3, 0.4) is 0 Å². The number of nitrogens with two attached hydrogens (primary N) is 1. The van der Waals surface area contributed by atoms with Crippen molar-refractivity contribution < 1.29 is 14.3 Å². The highest BCUT2D eigenvalue weighted by atomic mass is 16.5. The van der Waals surface area contributed by atoms with Crippen molar-refractivity contribution >= 4 is 23.1 Å². The van der Waals surface area contributed by atoms with Crippen LogP contribution in [-0.2, 0) is 4.74 Å². The van der Waals surface area contributed by atoms with Crippen LogP contribution in [0.4, 0.5) is 5.82 Å². The monoisotopic (exact) mass is 337 g/mol. The number of esters is 1. The molecule has 2 N–H and O–H groups in total. The van der Waals surface area contributed by atoms with E-state index >= 15 is 0 Å². The molecule has 3 heterocycles. The van der Waals surface area contributed by atoms with Crippen LogP contribution in [-0.4, -0.2) is 27.7 Å². The van der Waals surface area contributed by atoms with E-state index < -0.39 is 5.97 Å². The van der Waals surface area contributed by atoms with Crippen LogP contribution in [0.1, 0.15) is 40.3 Å². The van der Waals surface area contributed by atoms with Gasteiger partial charge >= 0.3 is 5.97 Å². The zero-order valence-electron chi connectivity index (χ0n) is 14.4. The predicted octanol–water partition coefficient (Wildman–Crippen LogP) is 3.27. The minimum Gasteiger partial charge on any atom is -0.462 e. The molecule has 25 heavy (non-hydrogen) atoms. The quantitative estimate of drug-likeness (QED) is 0.583. The summed E-state index contributed by atoms with van der Waals surface area (Å²) in [6.07, 6.45) is 3.49. The summed E-state index contributed by atoms with van der Waals surface area (Å²) in [4.78, 5) is 28.6. The van der Waals surface area contributed by atoms with Gasteiger partial charge in [0.15, 0.2) is 5.78 Å². The Kier molecular flexibility index (Phi) is 4.27. The zero-order valence-corrected chi connectivity index (χ0v) is 14.4. The molecular weight excluding hydrogens is 318 g/mol. The Labute approximate surface area is 145 Å². The number of anilines is 1. The third-order valence-electron chi connectivity index (χ3n) is 4.13. The summed E-state index contributed by atoms with van der Waals surface area (Å²) < 4.78 is 6.94. The molecule has 3 aromatic heterocycles. The van der Waals surface area contributed by atoms with E-state index in [4.69, 9.17) is 10.5 Å². The molecule has 3 aromatic rings. The highest BCUT2D eigenvalue weighted by Gasteiger charge is 2.21. The van der Waals surface area contributed by atoms with E-state index in [1.165, 1.54) is 6.92 Å². The lowest BCUT2D eigenvalue weighted by molar-refractivity contribution is 0.0525. The second-order valence-electron chi connectivity index (χ2n) is 5.76. The van der Waals surface area contributed by atoms with Crippen molar-refractivity contribution in [2.24, 2.45) is 0 Å². The van der Waals surface area contributed by atoms with E-state index in [1.807, 2.05) is 18.3 Å². The van der Waals surface area contributed by atoms with Crippen molar-refractivity contribution in [1.29, 1.82) is 0 Å². The van der Waals surface area contributed by atoms with Gasteiger partial charge in [0.2, 0.25) is 0 Å². The van der Waals surface area contributed by atoms with Crippen molar-refractivity contribution in [2.75, 3.05) is 12.3 Å². The van der Waals surface area contributed by atoms with Crippen LogP contribution in [0.2, 0.25) is 0 Å². The van der Waals surface area contributed by atoms with Gasteiger partial charge in [0.25, 0.3) is 0 Å². The number of fused-ring (bicyclic) bond motifs is 1. The largest absolute Gasteiger partial charge is 0.462 e. The Morgan fingerprint density at radius 3 is 2.64 bits per heavy atom. The fourth-order valence-corrected chi connectivity index (χ4v) is 3.00. The number of pyridine rings is 2. The number of Topliss-reactive ketones (excluding diaryl/α,β-unsaturated/α-hetero) is 1. The molecule has 0 aliphatic carbocycles. The minimum atomic E-state index is -0.437. The van der Waals surface area contributed by atoms with Gasteiger partial charge in [0, 0.05) is 30.4 Å². The molecule has 0 unspecified atom stereocenters. The van der Waals surface area contributed by atoms with E-state index in [1.54, 1.807) is 36.6 Å². The molecule has 0 aliphatic heterocycles. The van der Waals surface area contributed by atoms with Crippen LogP contribution in [0, 0.1) is 6.92 Å². The normalized spacial score (nSPS) is 10.8. The summed E-state index contributed by atoms with van der Waals surface area (Å²) >= 11 is 0. The molecule has 0 saturated heterocycles. The van der Waals surface area contributed by atoms with Gasteiger partial charge in [0.05, 0.1) is 23.4 Å². The summed E-state index contributed by atoms with van der Waals surface area (Å²) in [7, 11) is 0. The standard InChI is InChI=1S/C19H19N3O3/c1-4-25-19(24)15-9-16-14(13-5-6-17(20)21-10-13)7-8-22(16)18(11(15)2)12(3)23/h5-10H,4H2,1-3H3,(H2,20,21). The van der Waals surface area contributed by atoms with Crippen LogP contribution in [0.15, 0.2) is 36.7 Å². The van der Waals surface area contributed by atoms with Gasteiger partial charge < -0.3 is 14.9 Å². The van der Waals surface area contributed by atoms with Gasteiger partial charge in [0.1, 0.15) is 5.82 Å². The number of carbonyl (C=O) groups excluding carboxylic acids is 2. The van der Waals surface area contributed by atoms with Gasteiger partial charge in [-0.05, 0) is 43.7 Å². The summed E-state index contributed by atoms with van der Waals surface area (Å²) in [5.74, 6) is -0.126. The molecule has 0 aromatic carbocycles. The van der Waals surface area contributed by atoms with Crippen LogP contribution in [0.5, 0.6) is 0 Å². The highest BCUT2D eigenvalue weighted by molar-refractivity contribution is 6.02. The summed E-state index contributed by atoms with van der Waals surface area (Å²) in [6, 6.07) is 7.22. The molecule has 3 rings (SSSR count). The molecule has 0 atom stereocenters. The maximum atomic E-state index is 12.3. The first-order chi connectivity index (χ1) is 11.9. The maximum Gasteiger partial charge on any atom is 0.338 e. The number of hydrogen-bond donors (Lipinski definition) is 1. The molecule has 0 amide bonds. The second kappa shape index (κ2) is 6.39. The lowest BCUT2D eigenvalue weighted by Gasteiger charge is -2.13. The van der Waals surface area contributed by atoms with Gasteiger partial charge in [-0.1, -0.05) is 0 Å². The lowest BCUT2D eigenvalue weighted by Crippen LogP contribution is -2.13. The van der Waals surface area contributed by atoms with Crippen molar-refractivity contribution in [3.8, 4) is 11.1 Å². The van der Waals surface area contributed by atoms with Gasteiger partial charge in [-0.15, -0.1) is 0 Å².